The van der Waals surface area contributed by atoms with Gasteiger partial charge in [0.05, 0.1) is 10.6 Å². The first kappa shape index (κ1) is 20.9. The number of anilines is 1. The van der Waals surface area contributed by atoms with Crippen molar-refractivity contribution in [3.05, 3.63) is 58.1 Å². The fourth-order valence-electron chi connectivity index (χ4n) is 3.04. The Morgan fingerprint density at radius 2 is 1.79 bits per heavy atom. The third kappa shape index (κ3) is 4.98. The van der Waals surface area contributed by atoms with Gasteiger partial charge in [0.1, 0.15) is 10.6 Å². The highest BCUT2D eigenvalue weighted by Crippen LogP contribution is 2.31. The van der Waals surface area contributed by atoms with E-state index in [1.165, 1.54) is 28.6 Å². The second-order valence-corrected chi connectivity index (χ2v) is 8.33. The van der Waals surface area contributed by atoms with Gasteiger partial charge in [0.25, 0.3) is 5.69 Å². The Kier molecular flexibility index (Phi) is 6.28. The average Bonchev–Trinajstić information content (AvgIpc) is 3.22. The van der Waals surface area contributed by atoms with Crippen molar-refractivity contribution in [3.63, 3.8) is 0 Å². The lowest BCUT2D eigenvalue weighted by atomic mass is 10.2. The van der Waals surface area contributed by atoms with E-state index in [1.54, 1.807) is 12.1 Å². The van der Waals surface area contributed by atoms with Crippen molar-refractivity contribution in [3.8, 4) is 5.75 Å². The van der Waals surface area contributed by atoms with E-state index in [1.807, 2.05) is 0 Å². The molecule has 2 aromatic carbocycles. The first-order valence-electron chi connectivity index (χ1n) is 8.83. The van der Waals surface area contributed by atoms with Gasteiger partial charge in [0.2, 0.25) is 10.0 Å². The number of nitro benzene ring substituents is 1. The van der Waals surface area contributed by atoms with Gasteiger partial charge in [-0.3, -0.25) is 10.1 Å². The average molecular weight is 427 g/mol. The maximum Gasteiger partial charge on any atom is 0.387 e. The number of halogens is 2. The molecule has 1 aliphatic rings. The Labute approximate surface area is 166 Å². The summed E-state index contributed by atoms with van der Waals surface area (Å²) in [7, 11) is -3.89. The molecule has 1 aliphatic heterocycles. The molecule has 11 heteroatoms. The Hall–Kier alpha value is -2.79. The van der Waals surface area contributed by atoms with Crippen molar-refractivity contribution in [1.29, 1.82) is 0 Å². The molecule has 0 aromatic heterocycles. The molecule has 1 heterocycles. The Morgan fingerprint density at radius 3 is 2.38 bits per heavy atom. The standard InChI is InChI=1S/C18H19F2N3O5S/c19-18(20)28-15-6-3-13(4-7-15)12-21-16-8-5-14(23(24)25)11-17(16)29(26,27)22-9-1-2-10-22/h3-8,11,18,21H,1-2,9-10,12H2. The zero-order chi connectivity index (χ0) is 21.0. The van der Waals surface area contributed by atoms with Crippen molar-refractivity contribution >= 4 is 21.4 Å². The molecule has 0 saturated carbocycles. The highest BCUT2D eigenvalue weighted by Gasteiger charge is 2.30. The summed E-state index contributed by atoms with van der Waals surface area (Å²) in [5.74, 6) is 0.0105. The van der Waals surface area contributed by atoms with E-state index in [2.05, 4.69) is 10.1 Å². The van der Waals surface area contributed by atoms with Crippen LogP contribution in [0.15, 0.2) is 47.4 Å². The summed E-state index contributed by atoms with van der Waals surface area (Å²) in [6.45, 7) is -1.99. The van der Waals surface area contributed by atoms with E-state index in [-0.39, 0.29) is 28.6 Å². The molecule has 0 amide bonds. The molecule has 156 valence electrons. The number of alkyl halides is 2. The molecule has 0 spiro atoms. The van der Waals surface area contributed by atoms with E-state index >= 15 is 0 Å². The monoisotopic (exact) mass is 427 g/mol. The molecule has 1 N–H and O–H groups in total. The highest BCUT2D eigenvalue weighted by molar-refractivity contribution is 7.89. The lowest BCUT2D eigenvalue weighted by Gasteiger charge is -2.19. The van der Waals surface area contributed by atoms with E-state index < -0.39 is 21.6 Å². The van der Waals surface area contributed by atoms with Crippen molar-refractivity contribution in [2.24, 2.45) is 0 Å². The maximum atomic E-state index is 13.0. The van der Waals surface area contributed by atoms with Gasteiger partial charge in [-0.25, -0.2) is 8.42 Å². The van der Waals surface area contributed by atoms with Crippen LogP contribution in [0.5, 0.6) is 5.75 Å². The second kappa shape index (κ2) is 8.70. The van der Waals surface area contributed by atoms with Crippen molar-refractivity contribution in [1.82, 2.24) is 4.31 Å². The fraction of sp³-hybridized carbons (Fsp3) is 0.333. The summed E-state index contributed by atoms with van der Waals surface area (Å²) in [6, 6.07) is 9.51. The summed E-state index contributed by atoms with van der Waals surface area (Å²) in [6.07, 6.45) is 1.48. The number of sulfonamides is 1. The van der Waals surface area contributed by atoms with Crippen molar-refractivity contribution < 1.29 is 26.9 Å². The fourth-order valence-corrected chi connectivity index (χ4v) is 4.74. The van der Waals surface area contributed by atoms with Crippen LogP contribution in [0.2, 0.25) is 0 Å². The van der Waals surface area contributed by atoms with E-state index in [4.69, 9.17) is 0 Å². The number of rotatable bonds is 8. The van der Waals surface area contributed by atoms with Gasteiger partial charge >= 0.3 is 6.61 Å². The van der Waals surface area contributed by atoms with Gasteiger partial charge in [-0.05, 0) is 36.6 Å². The zero-order valence-corrected chi connectivity index (χ0v) is 16.1. The van der Waals surface area contributed by atoms with Gasteiger partial charge < -0.3 is 10.1 Å². The summed E-state index contributed by atoms with van der Waals surface area (Å²) < 4.78 is 56.0. The number of benzene rings is 2. The second-order valence-electron chi connectivity index (χ2n) is 6.42. The van der Waals surface area contributed by atoms with Gasteiger partial charge in [0.15, 0.2) is 0 Å². The van der Waals surface area contributed by atoms with Crippen LogP contribution in [0, 0.1) is 10.1 Å². The number of hydrogen-bond donors (Lipinski definition) is 1. The predicted molar refractivity (Wildman–Crippen MR) is 101 cm³/mol. The number of nitrogens with zero attached hydrogens (tertiary/aromatic N) is 2. The normalized spacial score (nSPS) is 14.9. The largest absolute Gasteiger partial charge is 0.435 e. The van der Waals surface area contributed by atoms with Gasteiger partial charge in [-0.1, -0.05) is 12.1 Å². The first-order valence-corrected chi connectivity index (χ1v) is 10.3. The molecular formula is C18H19F2N3O5S. The SMILES string of the molecule is O=[N+]([O-])c1ccc(NCc2ccc(OC(F)F)cc2)c(S(=O)(=O)N2CCCC2)c1. The van der Waals surface area contributed by atoms with Crippen LogP contribution >= 0.6 is 0 Å². The van der Waals surface area contributed by atoms with Crippen molar-refractivity contribution in [2.45, 2.75) is 30.9 Å². The van der Waals surface area contributed by atoms with E-state index in [9.17, 15) is 27.3 Å². The molecule has 8 nitrogen and oxygen atoms in total. The molecule has 1 saturated heterocycles. The molecule has 1 fully saturated rings. The minimum Gasteiger partial charge on any atom is -0.435 e. The van der Waals surface area contributed by atoms with Crippen LogP contribution in [-0.4, -0.2) is 37.3 Å². The van der Waals surface area contributed by atoms with E-state index in [0.29, 0.717) is 18.7 Å². The maximum absolute atomic E-state index is 13.0. The molecule has 0 radical (unpaired) electrons. The summed E-state index contributed by atoms with van der Waals surface area (Å²) in [5, 5.41) is 14.1. The quantitative estimate of drug-likeness (QED) is 0.510. The Bertz CT molecular complexity index is 977. The summed E-state index contributed by atoms with van der Waals surface area (Å²) in [4.78, 5) is 10.3. The summed E-state index contributed by atoms with van der Waals surface area (Å²) >= 11 is 0. The number of ether oxygens (including phenoxy) is 1. The Morgan fingerprint density at radius 1 is 1.14 bits per heavy atom. The third-order valence-electron chi connectivity index (χ3n) is 4.49. The van der Waals surface area contributed by atoms with E-state index in [0.717, 1.165) is 18.9 Å². The molecular weight excluding hydrogens is 408 g/mol. The number of nitro groups is 1. The molecule has 0 bridgehead atoms. The molecule has 3 rings (SSSR count). The van der Waals surface area contributed by atoms with Crippen LogP contribution in [0.1, 0.15) is 18.4 Å². The molecule has 0 unspecified atom stereocenters. The molecule has 0 atom stereocenters. The molecule has 2 aromatic rings. The number of hydrogen-bond acceptors (Lipinski definition) is 6. The summed E-state index contributed by atoms with van der Waals surface area (Å²) in [5.41, 5.74) is 0.603. The first-order chi connectivity index (χ1) is 13.8. The highest BCUT2D eigenvalue weighted by atomic mass is 32.2. The van der Waals surface area contributed by atoms with Gasteiger partial charge in [0, 0.05) is 31.8 Å². The minimum absolute atomic E-state index is 0.0105. The lowest BCUT2D eigenvalue weighted by Crippen LogP contribution is -2.28. The smallest absolute Gasteiger partial charge is 0.387 e. The van der Waals surface area contributed by atoms with Crippen LogP contribution in [-0.2, 0) is 16.6 Å². The van der Waals surface area contributed by atoms with Crippen LogP contribution < -0.4 is 10.1 Å². The van der Waals surface area contributed by atoms with Crippen LogP contribution in [0.3, 0.4) is 0 Å². The zero-order valence-electron chi connectivity index (χ0n) is 15.3. The minimum atomic E-state index is -3.89. The third-order valence-corrected chi connectivity index (χ3v) is 6.43. The topological polar surface area (TPSA) is 102 Å². The Balaban J connectivity index is 1.84. The molecule has 0 aliphatic carbocycles. The van der Waals surface area contributed by atoms with Gasteiger partial charge in [-0.2, -0.15) is 13.1 Å². The van der Waals surface area contributed by atoms with Gasteiger partial charge in [-0.15, -0.1) is 0 Å². The lowest BCUT2D eigenvalue weighted by molar-refractivity contribution is -0.385. The number of non-ortho nitro benzene ring substituents is 1. The van der Waals surface area contributed by atoms with Crippen LogP contribution in [0.25, 0.3) is 0 Å². The number of nitrogens with one attached hydrogen (secondary N) is 1. The molecule has 29 heavy (non-hydrogen) atoms. The predicted octanol–water partition coefficient (Wildman–Crippen LogP) is 3.59. The van der Waals surface area contributed by atoms with Crippen molar-refractivity contribution in [2.75, 3.05) is 18.4 Å². The van der Waals surface area contributed by atoms with Crippen LogP contribution in [0.4, 0.5) is 20.2 Å².